The molecule has 1 rings (SSSR count). The summed E-state index contributed by atoms with van der Waals surface area (Å²) in [7, 11) is 0. The zero-order chi connectivity index (χ0) is 13.9. The maximum Gasteiger partial charge on any atom is 0.319 e. The third-order valence-corrected chi connectivity index (χ3v) is 4.28. The molecule has 1 aromatic carbocycles. The van der Waals surface area contributed by atoms with Crippen molar-refractivity contribution < 1.29 is 14.8 Å². The summed E-state index contributed by atoms with van der Waals surface area (Å²) >= 11 is 6.73. The van der Waals surface area contributed by atoms with Crippen LogP contribution in [0.1, 0.15) is 20.3 Å². The Kier molecular flexibility index (Phi) is 4.59. The van der Waals surface area contributed by atoms with Gasteiger partial charge in [0.05, 0.1) is 9.82 Å². The van der Waals surface area contributed by atoms with Crippen molar-refractivity contribution in [3.05, 3.63) is 33.3 Å². The van der Waals surface area contributed by atoms with Gasteiger partial charge < -0.3 is 5.11 Å². The number of benzene rings is 1. The number of aliphatic carboxylic acids is 1. The Morgan fingerprint density at radius 1 is 1.61 bits per heavy atom. The molecule has 0 spiro atoms. The van der Waals surface area contributed by atoms with Gasteiger partial charge in [-0.15, -0.1) is 11.8 Å². The van der Waals surface area contributed by atoms with Gasteiger partial charge in [-0.2, -0.15) is 0 Å². The lowest BCUT2D eigenvalue weighted by Crippen LogP contribution is -2.30. The van der Waals surface area contributed by atoms with Crippen LogP contribution in [0.2, 0.25) is 5.02 Å². The zero-order valence-electron chi connectivity index (χ0n) is 9.84. The molecule has 98 valence electrons. The molecule has 0 radical (unpaired) electrons. The van der Waals surface area contributed by atoms with Crippen LogP contribution in [0.4, 0.5) is 5.69 Å². The summed E-state index contributed by atoms with van der Waals surface area (Å²) in [6, 6.07) is 4.11. The monoisotopic (exact) mass is 289 g/mol. The zero-order valence-corrected chi connectivity index (χ0v) is 11.4. The standard InChI is InChI=1S/C11H12ClNO4S/c1-3-11(2,10(14)15)18-9-6-7(12)4-5-8(9)13(16)17/h4-6H,3H2,1-2H3,(H,14,15). The molecule has 18 heavy (non-hydrogen) atoms. The van der Waals surface area contributed by atoms with Gasteiger partial charge in [0.1, 0.15) is 4.75 Å². The second-order valence-electron chi connectivity index (χ2n) is 3.86. The Balaban J connectivity index is 3.20. The maximum atomic E-state index is 11.2. The van der Waals surface area contributed by atoms with E-state index < -0.39 is 15.6 Å². The summed E-state index contributed by atoms with van der Waals surface area (Å²) in [5, 5.41) is 20.4. The Labute approximate surface area is 113 Å². The molecule has 0 aliphatic carbocycles. The van der Waals surface area contributed by atoms with Gasteiger partial charge in [0.15, 0.2) is 0 Å². The van der Waals surface area contributed by atoms with Gasteiger partial charge in [0, 0.05) is 11.1 Å². The highest BCUT2D eigenvalue weighted by Crippen LogP contribution is 2.41. The number of rotatable bonds is 5. The molecule has 0 aromatic heterocycles. The second kappa shape index (κ2) is 5.58. The molecule has 1 aromatic rings. The molecule has 0 fully saturated rings. The van der Waals surface area contributed by atoms with E-state index in [2.05, 4.69) is 0 Å². The number of hydrogen-bond acceptors (Lipinski definition) is 4. The summed E-state index contributed by atoms with van der Waals surface area (Å²) in [5.74, 6) is -1.01. The van der Waals surface area contributed by atoms with E-state index in [9.17, 15) is 14.9 Å². The Morgan fingerprint density at radius 3 is 2.67 bits per heavy atom. The van der Waals surface area contributed by atoms with Crippen LogP contribution in [-0.4, -0.2) is 20.7 Å². The first-order chi connectivity index (χ1) is 8.30. The van der Waals surface area contributed by atoms with Crippen molar-refractivity contribution >= 4 is 35.0 Å². The van der Waals surface area contributed by atoms with Crippen LogP contribution in [0, 0.1) is 10.1 Å². The van der Waals surface area contributed by atoms with Crippen LogP contribution in [0.25, 0.3) is 0 Å². The van der Waals surface area contributed by atoms with E-state index in [1.165, 1.54) is 25.1 Å². The number of carboxylic acid groups (broad SMARTS) is 1. The van der Waals surface area contributed by atoms with Crippen molar-refractivity contribution in [3.63, 3.8) is 0 Å². The van der Waals surface area contributed by atoms with Crippen LogP contribution in [0.3, 0.4) is 0 Å². The van der Waals surface area contributed by atoms with E-state index >= 15 is 0 Å². The van der Waals surface area contributed by atoms with Gasteiger partial charge in [-0.1, -0.05) is 18.5 Å². The lowest BCUT2D eigenvalue weighted by molar-refractivity contribution is -0.387. The molecule has 1 unspecified atom stereocenters. The quantitative estimate of drug-likeness (QED) is 0.509. The van der Waals surface area contributed by atoms with Crippen molar-refractivity contribution in [1.82, 2.24) is 0 Å². The predicted octanol–water partition coefficient (Wildman–Crippen LogP) is 3.59. The van der Waals surface area contributed by atoms with Gasteiger partial charge in [-0.3, -0.25) is 14.9 Å². The van der Waals surface area contributed by atoms with Crippen LogP contribution < -0.4 is 0 Å². The number of carbonyl (C=O) groups is 1. The maximum absolute atomic E-state index is 11.2. The third-order valence-electron chi connectivity index (χ3n) is 2.58. The number of nitro groups is 1. The van der Waals surface area contributed by atoms with E-state index in [0.29, 0.717) is 11.4 Å². The summed E-state index contributed by atoms with van der Waals surface area (Å²) in [4.78, 5) is 21.8. The number of nitrogens with zero attached hydrogens (tertiary/aromatic N) is 1. The van der Waals surface area contributed by atoms with Crippen LogP contribution in [0.15, 0.2) is 23.1 Å². The van der Waals surface area contributed by atoms with Crippen molar-refractivity contribution in [3.8, 4) is 0 Å². The minimum Gasteiger partial charge on any atom is -0.480 e. The summed E-state index contributed by atoms with van der Waals surface area (Å²) < 4.78 is -1.12. The highest BCUT2D eigenvalue weighted by molar-refractivity contribution is 8.01. The highest BCUT2D eigenvalue weighted by atomic mass is 35.5. The molecule has 5 nitrogen and oxygen atoms in total. The summed E-state index contributed by atoms with van der Waals surface area (Å²) in [6.07, 6.45) is 0.344. The first-order valence-electron chi connectivity index (χ1n) is 5.16. The van der Waals surface area contributed by atoms with Gasteiger partial charge in [-0.25, -0.2) is 0 Å². The van der Waals surface area contributed by atoms with E-state index in [1.807, 2.05) is 0 Å². The summed E-state index contributed by atoms with van der Waals surface area (Å²) in [6.45, 7) is 3.25. The largest absolute Gasteiger partial charge is 0.480 e. The van der Waals surface area contributed by atoms with E-state index in [-0.39, 0.29) is 10.6 Å². The van der Waals surface area contributed by atoms with Gasteiger partial charge >= 0.3 is 5.97 Å². The van der Waals surface area contributed by atoms with E-state index in [4.69, 9.17) is 16.7 Å². The molecule has 0 saturated heterocycles. The van der Waals surface area contributed by atoms with Crippen molar-refractivity contribution in [2.75, 3.05) is 0 Å². The molecule has 7 heteroatoms. The van der Waals surface area contributed by atoms with Crippen molar-refractivity contribution in [2.45, 2.75) is 29.9 Å². The topological polar surface area (TPSA) is 80.4 Å². The van der Waals surface area contributed by atoms with Gasteiger partial charge in [-0.05, 0) is 25.5 Å². The SMILES string of the molecule is CCC(C)(Sc1cc(Cl)ccc1[N+](=O)[O-])C(=O)O. The number of carboxylic acids is 1. The number of halogens is 1. The molecule has 0 bridgehead atoms. The lowest BCUT2D eigenvalue weighted by Gasteiger charge is -2.22. The predicted molar refractivity (Wildman–Crippen MR) is 70.3 cm³/mol. The lowest BCUT2D eigenvalue weighted by atomic mass is 10.1. The number of thioether (sulfide) groups is 1. The fourth-order valence-electron chi connectivity index (χ4n) is 1.23. The van der Waals surface area contributed by atoms with Crippen LogP contribution >= 0.6 is 23.4 Å². The summed E-state index contributed by atoms with van der Waals surface area (Å²) in [5.41, 5.74) is -0.134. The molecule has 0 heterocycles. The molecular weight excluding hydrogens is 278 g/mol. The molecule has 1 atom stereocenters. The smallest absolute Gasteiger partial charge is 0.319 e. The Morgan fingerprint density at radius 2 is 2.22 bits per heavy atom. The molecule has 0 aliphatic rings. The molecule has 0 amide bonds. The highest BCUT2D eigenvalue weighted by Gasteiger charge is 2.34. The Hall–Kier alpha value is -1.27. The van der Waals surface area contributed by atoms with Crippen molar-refractivity contribution in [2.24, 2.45) is 0 Å². The van der Waals surface area contributed by atoms with E-state index in [0.717, 1.165) is 11.8 Å². The first kappa shape index (κ1) is 14.8. The fourth-order valence-corrected chi connectivity index (χ4v) is 2.62. The average Bonchev–Trinajstić information content (AvgIpc) is 2.28. The van der Waals surface area contributed by atoms with Gasteiger partial charge in [0.25, 0.3) is 5.69 Å². The molecule has 0 aliphatic heterocycles. The third kappa shape index (κ3) is 3.14. The minimum absolute atomic E-state index is 0.134. The average molecular weight is 290 g/mol. The second-order valence-corrected chi connectivity index (χ2v) is 5.84. The molecule has 1 N–H and O–H groups in total. The van der Waals surface area contributed by atoms with Gasteiger partial charge in [0.2, 0.25) is 0 Å². The minimum atomic E-state index is -1.12. The van der Waals surface area contributed by atoms with E-state index in [1.54, 1.807) is 6.92 Å². The fraction of sp³-hybridized carbons (Fsp3) is 0.364. The molecule has 0 saturated carbocycles. The normalized spacial score (nSPS) is 13.9. The first-order valence-corrected chi connectivity index (χ1v) is 6.36. The number of hydrogen-bond donors (Lipinski definition) is 1. The van der Waals surface area contributed by atoms with Crippen LogP contribution in [-0.2, 0) is 4.79 Å². The Bertz CT molecular complexity index is 494. The van der Waals surface area contributed by atoms with Crippen LogP contribution in [0.5, 0.6) is 0 Å². The number of nitro benzene ring substituents is 1. The molecular formula is C11H12ClNO4S. The van der Waals surface area contributed by atoms with Crippen molar-refractivity contribution in [1.29, 1.82) is 0 Å².